The maximum Gasteiger partial charge on any atom is 0.243 e. The van der Waals surface area contributed by atoms with Crippen LogP contribution in [0.15, 0.2) is 49.2 Å². The largest absolute Gasteiger partial charge is 0.434 e. The molecule has 0 N–H and O–H groups in total. The molecule has 5 nitrogen and oxygen atoms in total. The SMILES string of the molecule is Cc1ncnc(C)c1-c1cc(F)c(Oc2nccn3cccc23)cc1F. The van der Waals surface area contributed by atoms with Gasteiger partial charge in [-0.15, -0.1) is 0 Å². The third-order valence-electron chi connectivity index (χ3n) is 4.14. The molecule has 0 bridgehead atoms. The smallest absolute Gasteiger partial charge is 0.243 e. The van der Waals surface area contributed by atoms with Crippen LogP contribution in [0, 0.1) is 25.5 Å². The van der Waals surface area contributed by atoms with Crippen LogP contribution >= 0.6 is 0 Å². The topological polar surface area (TPSA) is 52.3 Å². The highest BCUT2D eigenvalue weighted by Crippen LogP contribution is 2.34. The molecule has 0 saturated carbocycles. The molecular formula is C19H14F2N4O. The van der Waals surface area contributed by atoms with Crippen LogP contribution in [0.4, 0.5) is 8.78 Å². The number of hydrogen-bond donors (Lipinski definition) is 0. The van der Waals surface area contributed by atoms with Crippen LogP contribution in [0.5, 0.6) is 11.6 Å². The van der Waals surface area contributed by atoms with Crippen molar-refractivity contribution in [3.05, 3.63) is 72.2 Å². The fourth-order valence-corrected chi connectivity index (χ4v) is 2.91. The van der Waals surface area contributed by atoms with Crippen LogP contribution in [0.25, 0.3) is 16.6 Å². The van der Waals surface area contributed by atoms with Gasteiger partial charge in [0.25, 0.3) is 0 Å². The fourth-order valence-electron chi connectivity index (χ4n) is 2.91. The molecule has 0 unspecified atom stereocenters. The molecule has 0 aliphatic rings. The zero-order chi connectivity index (χ0) is 18.3. The quantitative estimate of drug-likeness (QED) is 0.546. The van der Waals surface area contributed by atoms with Crippen molar-refractivity contribution in [3.8, 4) is 22.8 Å². The van der Waals surface area contributed by atoms with Crippen molar-refractivity contribution in [2.45, 2.75) is 13.8 Å². The molecule has 130 valence electrons. The van der Waals surface area contributed by atoms with E-state index in [4.69, 9.17) is 4.74 Å². The Hall–Kier alpha value is -3.35. The Bertz CT molecular complexity index is 1100. The summed E-state index contributed by atoms with van der Waals surface area (Å²) in [6.45, 7) is 3.45. The number of rotatable bonds is 3. The van der Waals surface area contributed by atoms with Gasteiger partial charge in [0.05, 0.1) is 0 Å². The summed E-state index contributed by atoms with van der Waals surface area (Å²) >= 11 is 0. The summed E-state index contributed by atoms with van der Waals surface area (Å²) in [7, 11) is 0. The van der Waals surface area contributed by atoms with E-state index in [2.05, 4.69) is 15.0 Å². The van der Waals surface area contributed by atoms with E-state index in [-0.39, 0.29) is 17.2 Å². The molecule has 26 heavy (non-hydrogen) atoms. The normalized spacial score (nSPS) is 11.1. The van der Waals surface area contributed by atoms with E-state index < -0.39 is 11.6 Å². The van der Waals surface area contributed by atoms with Crippen molar-refractivity contribution < 1.29 is 13.5 Å². The number of hydrogen-bond acceptors (Lipinski definition) is 4. The molecular weight excluding hydrogens is 338 g/mol. The molecule has 0 atom stereocenters. The van der Waals surface area contributed by atoms with Crippen molar-refractivity contribution in [1.29, 1.82) is 0 Å². The summed E-state index contributed by atoms with van der Waals surface area (Å²) in [6, 6.07) is 5.70. The Kier molecular flexibility index (Phi) is 3.84. The van der Waals surface area contributed by atoms with Gasteiger partial charge >= 0.3 is 0 Å². The van der Waals surface area contributed by atoms with Gasteiger partial charge in [0, 0.05) is 47.2 Å². The van der Waals surface area contributed by atoms with E-state index in [1.54, 1.807) is 30.5 Å². The average molecular weight is 352 g/mol. The van der Waals surface area contributed by atoms with E-state index in [9.17, 15) is 8.78 Å². The second kappa shape index (κ2) is 6.18. The van der Waals surface area contributed by atoms with E-state index in [1.807, 2.05) is 12.3 Å². The molecule has 7 heteroatoms. The van der Waals surface area contributed by atoms with Crippen molar-refractivity contribution in [2.75, 3.05) is 0 Å². The first kappa shape index (κ1) is 16.1. The van der Waals surface area contributed by atoms with Crippen LogP contribution in [-0.2, 0) is 0 Å². The van der Waals surface area contributed by atoms with Crippen LogP contribution in [0.2, 0.25) is 0 Å². The van der Waals surface area contributed by atoms with Crippen LogP contribution in [-0.4, -0.2) is 19.4 Å². The van der Waals surface area contributed by atoms with Gasteiger partial charge in [0.1, 0.15) is 17.7 Å². The number of fused-ring (bicyclic) bond motifs is 1. The molecule has 4 rings (SSSR count). The molecule has 0 amide bonds. The summed E-state index contributed by atoms with van der Waals surface area (Å²) in [5.74, 6) is -1.36. The molecule has 3 aromatic heterocycles. The maximum atomic E-state index is 14.7. The summed E-state index contributed by atoms with van der Waals surface area (Å²) in [6.07, 6.45) is 6.47. The van der Waals surface area contributed by atoms with Gasteiger partial charge in [-0.05, 0) is 32.0 Å². The van der Waals surface area contributed by atoms with Gasteiger partial charge in [-0.25, -0.2) is 23.7 Å². The molecule has 0 radical (unpaired) electrons. The number of ether oxygens (including phenoxy) is 1. The molecule has 0 saturated heterocycles. The third-order valence-corrected chi connectivity index (χ3v) is 4.14. The Morgan fingerprint density at radius 3 is 2.50 bits per heavy atom. The Morgan fingerprint density at radius 2 is 1.73 bits per heavy atom. The lowest BCUT2D eigenvalue weighted by molar-refractivity contribution is 0.425. The van der Waals surface area contributed by atoms with Crippen molar-refractivity contribution in [1.82, 2.24) is 19.4 Å². The number of aromatic nitrogens is 4. The van der Waals surface area contributed by atoms with Crippen molar-refractivity contribution >= 4 is 5.52 Å². The second-order valence-electron chi connectivity index (χ2n) is 5.82. The minimum atomic E-state index is -0.695. The standard InChI is InChI=1S/C19H14F2N4O/c1-11-18(12(2)24-10-23-11)13-8-15(21)17(9-14(13)20)26-19-16-4-3-6-25(16)7-5-22-19/h3-10H,1-2H3. The van der Waals surface area contributed by atoms with Crippen LogP contribution < -0.4 is 4.74 Å². The highest BCUT2D eigenvalue weighted by Gasteiger charge is 2.18. The van der Waals surface area contributed by atoms with Crippen molar-refractivity contribution in [3.63, 3.8) is 0 Å². The Morgan fingerprint density at radius 1 is 0.962 bits per heavy atom. The number of benzene rings is 1. The predicted molar refractivity (Wildman–Crippen MR) is 92.1 cm³/mol. The minimum Gasteiger partial charge on any atom is -0.434 e. The summed E-state index contributed by atoms with van der Waals surface area (Å²) < 4.78 is 36.6. The second-order valence-corrected chi connectivity index (χ2v) is 5.82. The predicted octanol–water partition coefficient (Wildman–Crippen LogP) is 4.48. The first-order valence-corrected chi connectivity index (χ1v) is 7.92. The molecule has 1 aromatic carbocycles. The Balaban J connectivity index is 1.78. The Labute approximate surface area is 147 Å². The lowest BCUT2D eigenvalue weighted by atomic mass is 10.0. The van der Waals surface area contributed by atoms with E-state index >= 15 is 0 Å². The van der Waals surface area contributed by atoms with E-state index in [1.165, 1.54) is 12.5 Å². The summed E-state index contributed by atoms with van der Waals surface area (Å²) in [5.41, 5.74) is 2.37. The van der Waals surface area contributed by atoms with Crippen LogP contribution in [0.3, 0.4) is 0 Å². The molecule has 0 aliphatic heterocycles. The molecule has 0 aliphatic carbocycles. The van der Waals surface area contributed by atoms with E-state index in [0.717, 1.165) is 12.1 Å². The van der Waals surface area contributed by atoms with Gasteiger partial charge in [-0.2, -0.15) is 0 Å². The zero-order valence-corrected chi connectivity index (χ0v) is 14.1. The molecule has 3 heterocycles. The van der Waals surface area contributed by atoms with Gasteiger partial charge in [-0.3, -0.25) is 0 Å². The molecule has 0 spiro atoms. The third kappa shape index (κ3) is 2.67. The highest BCUT2D eigenvalue weighted by molar-refractivity contribution is 5.69. The van der Waals surface area contributed by atoms with E-state index in [0.29, 0.717) is 22.5 Å². The lowest BCUT2D eigenvalue weighted by Crippen LogP contribution is -2.00. The highest BCUT2D eigenvalue weighted by atomic mass is 19.1. The summed E-state index contributed by atoms with van der Waals surface area (Å²) in [4.78, 5) is 12.2. The molecule has 0 fully saturated rings. The minimum absolute atomic E-state index is 0.0966. The summed E-state index contributed by atoms with van der Waals surface area (Å²) in [5, 5.41) is 0. The number of aryl methyl sites for hydroxylation is 2. The van der Waals surface area contributed by atoms with Crippen LogP contribution in [0.1, 0.15) is 11.4 Å². The van der Waals surface area contributed by atoms with Gasteiger partial charge < -0.3 is 9.14 Å². The van der Waals surface area contributed by atoms with Gasteiger partial charge in [-0.1, -0.05) is 0 Å². The maximum absolute atomic E-state index is 14.7. The van der Waals surface area contributed by atoms with Crippen molar-refractivity contribution in [2.24, 2.45) is 0 Å². The zero-order valence-electron chi connectivity index (χ0n) is 14.1. The lowest BCUT2D eigenvalue weighted by Gasteiger charge is -2.12. The van der Waals surface area contributed by atoms with Gasteiger partial charge in [0.15, 0.2) is 11.6 Å². The number of halogens is 2. The first-order valence-electron chi connectivity index (χ1n) is 7.92. The first-order chi connectivity index (χ1) is 12.5. The monoisotopic (exact) mass is 352 g/mol. The average Bonchev–Trinajstić information content (AvgIpc) is 3.08. The van der Waals surface area contributed by atoms with Gasteiger partial charge in [0.2, 0.25) is 5.88 Å². The molecule has 4 aromatic rings. The number of nitrogens with zero attached hydrogens (tertiary/aromatic N) is 4. The fraction of sp³-hybridized carbons (Fsp3) is 0.105.